The van der Waals surface area contributed by atoms with Crippen LogP contribution in [0.25, 0.3) is 0 Å². The Hall–Kier alpha value is -1.29. The van der Waals surface area contributed by atoms with Crippen molar-refractivity contribution >= 4 is 0 Å². The monoisotopic (exact) mass is 211 g/mol. The maximum absolute atomic E-state index is 13.7. The zero-order valence-corrected chi connectivity index (χ0v) is 8.59. The van der Waals surface area contributed by atoms with Crippen LogP contribution in [0.5, 0.6) is 11.5 Å². The second kappa shape index (κ2) is 4.06. The van der Waals surface area contributed by atoms with Crippen LogP contribution in [-0.2, 0) is 0 Å². The van der Waals surface area contributed by atoms with Crippen molar-refractivity contribution in [3.05, 3.63) is 23.5 Å². The van der Waals surface area contributed by atoms with Crippen molar-refractivity contribution in [2.45, 2.75) is 18.9 Å². The summed E-state index contributed by atoms with van der Waals surface area (Å²) < 4.78 is 18.5. The summed E-state index contributed by atoms with van der Waals surface area (Å²) in [6.07, 6.45) is 1.87. The zero-order valence-electron chi connectivity index (χ0n) is 8.59. The third-order valence-electron chi connectivity index (χ3n) is 2.73. The molecule has 0 saturated carbocycles. The molecule has 1 aromatic carbocycles. The summed E-state index contributed by atoms with van der Waals surface area (Å²) in [5, 5.41) is 12.9. The average molecular weight is 211 g/mol. The Morgan fingerprint density at radius 1 is 1.53 bits per heavy atom. The molecule has 1 aromatic rings. The minimum absolute atomic E-state index is 0.0359. The molecule has 15 heavy (non-hydrogen) atoms. The van der Waals surface area contributed by atoms with Gasteiger partial charge in [-0.05, 0) is 19.4 Å². The van der Waals surface area contributed by atoms with Crippen molar-refractivity contribution in [3.63, 3.8) is 0 Å². The molecule has 0 aromatic heterocycles. The molecule has 1 fully saturated rings. The normalized spacial score (nSPS) is 20.5. The van der Waals surface area contributed by atoms with Crippen LogP contribution in [0.2, 0.25) is 0 Å². The van der Waals surface area contributed by atoms with Crippen LogP contribution in [0.1, 0.15) is 24.4 Å². The number of phenolic OH excluding ortho intramolecular Hbond substituents is 1. The van der Waals surface area contributed by atoms with Crippen LogP contribution in [-0.4, -0.2) is 18.8 Å². The summed E-state index contributed by atoms with van der Waals surface area (Å²) in [6, 6.07) is 2.67. The maximum Gasteiger partial charge on any atom is 0.135 e. The highest BCUT2D eigenvalue weighted by Gasteiger charge is 2.23. The predicted molar refractivity (Wildman–Crippen MR) is 54.6 cm³/mol. The van der Waals surface area contributed by atoms with E-state index in [2.05, 4.69) is 5.32 Å². The molecule has 0 amide bonds. The topological polar surface area (TPSA) is 41.5 Å². The van der Waals surface area contributed by atoms with Crippen molar-refractivity contribution in [1.82, 2.24) is 5.32 Å². The Balaban J connectivity index is 2.37. The lowest BCUT2D eigenvalue weighted by Gasteiger charge is -2.14. The molecule has 1 aliphatic rings. The quantitative estimate of drug-likeness (QED) is 0.785. The zero-order chi connectivity index (χ0) is 10.8. The van der Waals surface area contributed by atoms with Crippen LogP contribution in [0.4, 0.5) is 4.39 Å². The van der Waals surface area contributed by atoms with Gasteiger partial charge in [0.25, 0.3) is 0 Å². The lowest BCUT2D eigenvalue weighted by Crippen LogP contribution is -2.14. The van der Waals surface area contributed by atoms with Crippen molar-refractivity contribution in [1.29, 1.82) is 0 Å². The first-order chi connectivity index (χ1) is 7.22. The first-order valence-corrected chi connectivity index (χ1v) is 5.02. The molecule has 0 radical (unpaired) electrons. The first-order valence-electron chi connectivity index (χ1n) is 5.02. The number of hydrogen-bond donors (Lipinski definition) is 2. The third kappa shape index (κ3) is 1.90. The molecule has 1 unspecified atom stereocenters. The van der Waals surface area contributed by atoms with Gasteiger partial charge in [-0.3, -0.25) is 0 Å². The largest absolute Gasteiger partial charge is 0.507 e. The van der Waals surface area contributed by atoms with Crippen molar-refractivity contribution in [3.8, 4) is 11.5 Å². The Morgan fingerprint density at radius 3 is 2.87 bits per heavy atom. The summed E-state index contributed by atoms with van der Waals surface area (Å²) >= 11 is 0. The van der Waals surface area contributed by atoms with Gasteiger partial charge in [-0.1, -0.05) is 0 Å². The number of rotatable bonds is 2. The van der Waals surface area contributed by atoms with Gasteiger partial charge in [-0.2, -0.15) is 0 Å². The minimum Gasteiger partial charge on any atom is -0.507 e. The summed E-state index contributed by atoms with van der Waals surface area (Å²) in [4.78, 5) is 0. The van der Waals surface area contributed by atoms with Crippen molar-refractivity contribution < 1.29 is 14.2 Å². The molecule has 2 rings (SSSR count). The van der Waals surface area contributed by atoms with Crippen LogP contribution in [0.3, 0.4) is 0 Å². The van der Waals surface area contributed by atoms with Gasteiger partial charge in [0.15, 0.2) is 0 Å². The smallest absolute Gasteiger partial charge is 0.135 e. The lowest BCUT2D eigenvalue weighted by molar-refractivity contribution is 0.395. The third-order valence-corrected chi connectivity index (χ3v) is 2.73. The van der Waals surface area contributed by atoms with E-state index in [9.17, 15) is 9.50 Å². The highest BCUT2D eigenvalue weighted by molar-refractivity contribution is 5.43. The standard InChI is InChI=1S/C11H14FNO2/c1-15-7-5-8(12)11(10(14)6-7)9-3-2-4-13-9/h5-6,9,13-14H,2-4H2,1H3. The van der Waals surface area contributed by atoms with E-state index in [-0.39, 0.29) is 11.8 Å². The number of benzene rings is 1. The van der Waals surface area contributed by atoms with E-state index in [1.807, 2.05) is 0 Å². The summed E-state index contributed by atoms with van der Waals surface area (Å²) in [5.41, 5.74) is 0.355. The van der Waals surface area contributed by atoms with E-state index in [0.717, 1.165) is 19.4 Å². The Labute approximate surface area is 87.9 Å². The predicted octanol–water partition coefficient (Wildman–Crippen LogP) is 1.96. The minimum atomic E-state index is -0.411. The molecule has 0 aliphatic carbocycles. The van der Waals surface area contributed by atoms with Gasteiger partial charge >= 0.3 is 0 Å². The number of nitrogens with one attached hydrogen (secondary N) is 1. The molecule has 1 atom stereocenters. The summed E-state index contributed by atoms with van der Waals surface area (Å²) in [7, 11) is 1.45. The molecule has 3 nitrogen and oxygen atoms in total. The van der Waals surface area contributed by atoms with Gasteiger partial charge in [0.05, 0.1) is 7.11 Å². The Morgan fingerprint density at radius 2 is 2.33 bits per heavy atom. The highest BCUT2D eigenvalue weighted by atomic mass is 19.1. The van der Waals surface area contributed by atoms with Crippen molar-refractivity contribution in [2.24, 2.45) is 0 Å². The fourth-order valence-corrected chi connectivity index (χ4v) is 1.97. The van der Waals surface area contributed by atoms with Gasteiger partial charge < -0.3 is 15.2 Å². The molecule has 1 saturated heterocycles. The van der Waals surface area contributed by atoms with Gasteiger partial charge in [0, 0.05) is 23.7 Å². The number of phenols is 1. The molecule has 1 aliphatic heterocycles. The molecule has 2 N–H and O–H groups in total. The molecule has 82 valence electrons. The summed E-state index contributed by atoms with van der Waals surface area (Å²) in [6.45, 7) is 0.871. The van der Waals surface area contributed by atoms with Gasteiger partial charge in [0.2, 0.25) is 0 Å². The molecule has 4 heteroatoms. The average Bonchev–Trinajstić information content (AvgIpc) is 2.69. The maximum atomic E-state index is 13.7. The van der Waals surface area contributed by atoms with Crippen LogP contribution >= 0.6 is 0 Å². The summed E-state index contributed by atoms with van der Waals surface area (Å²) in [5.74, 6) is -0.107. The van der Waals surface area contributed by atoms with Gasteiger partial charge in [0.1, 0.15) is 17.3 Å². The fourth-order valence-electron chi connectivity index (χ4n) is 1.97. The lowest BCUT2D eigenvalue weighted by atomic mass is 10.0. The Bertz CT molecular complexity index is 339. The second-order valence-corrected chi connectivity index (χ2v) is 3.69. The highest BCUT2D eigenvalue weighted by Crippen LogP contribution is 2.35. The van der Waals surface area contributed by atoms with E-state index in [1.54, 1.807) is 0 Å². The molecular formula is C11H14FNO2. The van der Waals surface area contributed by atoms with E-state index in [1.165, 1.54) is 19.2 Å². The van der Waals surface area contributed by atoms with Crippen LogP contribution in [0.15, 0.2) is 12.1 Å². The number of halogens is 1. The number of hydrogen-bond acceptors (Lipinski definition) is 3. The Kier molecular flexibility index (Phi) is 2.77. The van der Waals surface area contributed by atoms with E-state index < -0.39 is 5.82 Å². The van der Waals surface area contributed by atoms with E-state index >= 15 is 0 Å². The molecule has 1 heterocycles. The van der Waals surface area contributed by atoms with Crippen molar-refractivity contribution in [2.75, 3.05) is 13.7 Å². The van der Waals surface area contributed by atoms with Crippen LogP contribution in [0, 0.1) is 5.82 Å². The van der Waals surface area contributed by atoms with Gasteiger partial charge in [-0.25, -0.2) is 4.39 Å². The molecule has 0 spiro atoms. The van der Waals surface area contributed by atoms with Gasteiger partial charge in [-0.15, -0.1) is 0 Å². The SMILES string of the molecule is COc1cc(O)c(C2CCCN2)c(F)c1. The molecular weight excluding hydrogens is 197 g/mol. The van der Waals surface area contributed by atoms with E-state index in [4.69, 9.17) is 4.74 Å². The molecule has 0 bridgehead atoms. The van der Waals surface area contributed by atoms with Crippen LogP contribution < -0.4 is 10.1 Å². The second-order valence-electron chi connectivity index (χ2n) is 3.69. The fraction of sp³-hybridized carbons (Fsp3) is 0.455. The van der Waals surface area contributed by atoms with E-state index in [0.29, 0.717) is 11.3 Å². The number of methoxy groups -OCH3 is 1. The number of aromatic hydroxyl groups is 1. The first kappa shape index (κ1) is 10.2. The number of ether oxygens (including phenoxy) is 1.